The van der Waals surface area contributed by atoms with Crippen molar-refractivity contribution < 1.29 is 22.7 Å². The first-order valence-corrected chi connectivity index (χ1v) is 10.9. The van der Waals surface area contributed by atoms with Crippen molar-refractivity contribution in [1.82, 2.24) is 4.72 Å². The largest absolute Gasteiger partial charge is 0.486 e. The first-order chi connectivity index (χ1) is 12.7. The maximum atomic E-state index is 12.6. The molecule has 0 radical (unpaired) electrons. The molecule has 1 heterocycles. The monoisotopic (exact) mass is 396 g/mol. The molecule has 1 aromatic carbocycles. The Balaban J connectivity index is 1.53. The predicted octanol–water partition coefficient (Wildman–Crippen LogP) is 2.67. The van der Waals surface area contributed by atoms with Gasteiger partial charge in [0.05, 0.1) is 4.75 Å². The normalized spacial score (nSPS) is 22.9. The Labute approximate surface area is 160 Å². The van der Waals surface area contributed by atoms with E-state index in [1.165, 1.54) is 0 Å². The van der Waals surface area contributed by atoms with E-state index in [4.69, 9.17) is 9.47 Å². The third-order valence-corrected chi connectivity index (χ3v) is 7.29. The van der Waals surface area contributed by atoms with E-state index in [1.54, 1.807) is 39.0 Å². The molecule has 0 bridgehead atoms. The number of rotatable bonds is 4. The van der Waals surface area contributed by atoms with Gasteiger partial charge < -0.3 is 14.8 Å². The maximum absolute atomic E-state index is 12.6. The third-order valence-electron chi connectivity index (χ3n) is 5.04. The summed E-state index contributed by atoms with van der Waals surface area (Å²) >= 11 is 0. The van der Waals surface area contributed by atoms with Crippen LogP contribution in [0.5, 0.6) is 11.5 Å². The van der Waals surface area contributed by atoms with E-state index in [0.29, 0.717) is 56.1 Å². The summed E-state index contributed by atoms with van der Waals surface area (Å²) in [6.07, 6.45) is 2.64. The minimum Gasteiger partial charge on any atom is -0.486 e. The Morgan fingerprint density at radius 2 is 1.67 bits per heavy atom. The van der Waals surface area contributed by atoms with Gasteiger partial charge >= 0.3 is 0 Å². The zero-order valence-corrected chi connectivity index (χ0v) is 16.9. The highest BCUT2D eigenvalue weighted by molar-refractivity contribution is 7.90. The van der Waals surface area contributed by atoms with E-state index < -0.39 is 14.8 Å². The molecule has 0 unspecified atom stereocenters. The lowest BCUT2D eigenvalue weighted by atomic mass is 9.86. The van der Waals surface area contributed by atoms with Gasteiger partial charge in [-0.15, -0.1) is 0 Å². The molecule has 0 spiro atoms. The third kappa shape index (κ3) is 4.73. The zero-order valence-electron chi connectivity index (χ0n) is 16.1. The van der Waals surface area contributed by atoms with E-state index in [2.05, 4.69) is 10.0 Å². The Hall–Kier alpha value is -1.80. The number of anilines is 1. The SMILES string of the molecule is CC(C)(C)S(=O)(=O)N[C@H]1CC[C@H](C(=O)Nc2ccc3c(c2)OCCO3)CC1. The van der Waals surface area contributed by atoms with Crippen LogP contribution < -0.4 is 19.5 Å². The molecule has 8 heteroatoms. The highest BCUT2D eigenvalue weighted by atomic mass is 32.2. The average molecular weight is 397 g/mol. The van der Waals surface area contributed by atoms with Crippen molar-refractivity contribution >= 4 is 21.6 Å². The summed E-state index contributed by atoms with van der Waals surface area (Å²) in [5, 5.41) is 2.94. The Kier molecular flexibility index (Phi) is 5.67. The lowest BCUT2D eigenvalue weighted by molar-refractivity contribution is -0.120. The van der Waals surface area contributed by atoms with Gasteiger partial charge in [-0.3, -0.25) is 4.79 Å². The summed E-state index contributed by atoms with van der Waals surface area (Å²) in [5.41, 5.74) is 0.680. The molecular weight excluding hydrogens is 368 g/mol. The molecule has 0 aromatic heterocycles. The Morgan fingerprint density at radius 1 is 1.04 bits per heavy atom. The van der Waals surface area contributed by atoms with Crippen molar-refractivity contribution in [3.05, 3.63) is 18.2 Å². The second-order valence-corrected chi connectivity index (χ2v) is 10.6. The molecule has 1 saturated carbocycles. The second kappa shape index (κ2) is 7.67. The minimum atomic E-state index is -3.37. The molecule has 3 rings (SSSR count). The van der Waals surface area contributed by atoms with Crippen LogP contribution in [-0.2, 0) is 14.8 Å². The first kappa shape index (κ1) is 19.9. The molecule has 27 heavy (non-hydrogen) atoms. The number of carbonyl (C=O) groups excluding carboxylic acids is 1. The highest BCUT2D eigenvalue weighted by Gasteiger charge is 2.34. The summed E-state index contributed by atoms with van der Waals surface area (Å²) in [7, 11) is -3.37. The molecule has 1 aromatic rings. The number of amides is 1. The number of benzene rings is 1. The standard InChI is InChI=1S/C19H28N2O5S/c1-19(2,3)27(23,24)21-14-6-4-13(5-7-14)18(22)20-15-8-9-16-17(12-15)26-11-10-25-16/h8-9,12-14,21H,4-7,10-11H2,1-3H3,(H,20,22)/t13-,14-. The van der Waals surface area contributed by atoms with Gasteiger partial charge in [-0.1, -0.05) is 0 Å². The van der Waals surface area contributed by atoms with Crippen molar-refractivity contribution in [1.29, 1.82) is 0 Å². The first-order valence-electron chi connectivity index (χ1n) is 9.38. The van der Waals surface area contributed by atoms with Gasteiger partial charge in [0.2, 0.25) is 15.9 Å². The number of hydrogen-bond acceptors (Lipinski definition) is 5. The van der Waals surface area contributed by atoms with Crippen LogP contribution in [0.1, 0.15) is 46.5 Å². The number of fused-ring (bicyclic) bond motifs is 1. The van der Waals surface area contributed by atoms with Gasteiger partial charge in [-0.25, -0.2) is 13.1 Å². The second-order valence-electron chi connectivity index (χ2n) is 8.13. The van der Waals surface area contributed by atoms with Crippen molar-refractivity contribution in [3.8, 4) is 11.5 Å². The van der Waals surface area contributed by atoms with Crippen LogP contribution in [0, 0.1) is 5.92 Å². The van der Waals surface area contributed by atoms with Crippen LogP contribution in [0.15, 0.2) is 18.2 Å². The van der Waals surface area contributed by atoms with Gasteiger partial charge in [-0.05, 0) is 58.6 Å². The van der Waals surface area contributed by atoms with Crippen molar-refractivity contribution in [2.75, 3.05) is 18.5 Å². The summed E-state index contributed by atoms with van der Waals surface area (Å²) in [5.74, 6) is 1.17. The molecule has 150 valence electrons. The molecule has 2 N–H and O–H groups in total. The highest BCUT2D eigenvalue weighted by Crippen LogP contribution is 2.33. The molecule has 2 aliphatic rings. The number of ether oxygens (including phenoxy) is 2. The molecule has 7 nitrogen and oxygen atoms in total. The predicted molar refractivity (Wildman–Crippen MR) is 104 cm³/mol. The van der Waals surface area contributed by atoms with Crippen LogP contribution in [0.25, 0.3) is 0 Å². The van der Waals surface area contributed by atoms with E-state index in [1.807, 2.05) is 0 Å². The van der Waals surface area contributed by atoms with Gasteiger partial charge in [-0.2, -0.15) is 0 Å². The van der Waals surface area contributed by atoms with Crippen LogP contribution in [0.3, 0.4) is 0 Å². The fraction of sp³-hybridized carbons (Fsp3) is 0.632. The van der Waals surface area contributed by atoms with Gasteiger partial charge in [0.1, 0.15) is 13.2 Å². The Bertz CT molecular complexity index is 793. The summed E-state index contributed by atoms with van der Waals surface area (Å²) in [6.45, 7) is 6.07. The molecule has 0 atom stereocenters. The topological polar surface area (TPSA) is 93.7 Å². The number of sulfonamides is 1. The molecule has 1 amide bonds. The summed E-state index contributed by atoms with van der Waals surface area (Å²) < 4.78 is 37.5. The average Bonchev–Trinajstić information content (AvgIpc) is 2.61. The molecule has 1 aliphatic carbocycles. The minimum absolute atomic E-state index is 0.0381. The van der Waals surface area contributed by atoms with Gasteiger partial charge in [0.25, 0.3) is 0 Å². The van der Waals surface area contributed by atoms with Crippen LogP contribution in [-0.4, -0.2) is 38.3 Å². The van der Waals surface area contributed by atoms with E-state index in [-0.39, 0.29) is 17.9 Å². The molecule has 1 fully saturated rings. The lowest BCUT2D eigenvalue weighted by Gasteiger charge is -2.30. The van der Waals surface area contributed by atoms with E-state index >= 15 is 0 Å². The van der Waals surface area contributed by atoms with Crippen molar-refractivity contribution in [2.24, 2.45) is 5.92 Å². The summed E-state index contributed by atoms with van der Waals surface area (Å²) in [4.78, 5) is 12.6. The maximum Gasteiger partial charge on any atom is 0.227 e. The zero-order chi connectivity index (χ0) is 19.7. The van der Waals surface area contributed by atoms with Crippen LogP contribution >= 0.6 is 0 Å². The fourth-order valence-corrected chi connectivity index (χ4v) is 4.26. The smallest absolute Gasteiger partial charge is 0.227 e. The lowest BCUT2D eigenvalue weighted by Crippen LogP contribution is -2.46. The fourth-order valence-electron chi connectivity index (χ4n) is 3.24. The van der Waals surface area contributed by atoms with Crippen LogP contribution in [0.4, 0.5) is 5.69 Å². The van der Waals surface area contributed by atoms with Crippen molar-refractivity contribution in [3.63, 3.8) is 0 Å². The number of hydrogen-bond donors (Lipinski definition) is 2. The van der Waals surface area contributed by atoms with Gasteiger partial charge in [0.15, 0.2) is 11.5 Å². The van der Waals surface area contributed by atoms with Gasteiger partial charge in [0, 0.05) is 23.7 Å². The quantitative estimate of drug-likeness (QED) is 0.816. The molecule has 1 aliphatic heterocycles. The van der Waals surface area contributed by atoms with E-state index in [0.717, 1.165) is 0 Å². The number of carbonyl (C=O) groups is 1. The molecule has 0 saturated heterocycles. The van der Waals surface area contributed by atoms with Crippen LogP contribution in [0.2, 0.25) is 0 Å². The van der Waals surface area contributed by atoms with E-state index in [9.17, 15) is 13.2 Å². The molecular formula is C19H28N2O5S. The number of nitrogens with one attached hydrogen (secondary N) is 2. The summed E-state index contributed by atoms with van der Waals surface area (Å²) in [6, 6.07) is 5.26. The Morgan fingerprint density at radius 3 is 2.30 bits per heavy atom. The van der Waals surface area contributed by atoms with Crippen molar-refractivity contribution in [2.45, 2.75) is 57.2 Å².